The molecule has 0 spiro atoms. The number of benzene rings is 1. The molecule has 1 saturated heterocycles. The number of nitro benzene ring substituents is 1. The topological polar surface area (TPSA) is 127 Å². The van der Waals surface area contributed by atoms with E-state index in [1.807, 2.05) is 0 Å². The summed E-state index contributed by atoms with van der Waals surface area (Å²) in [5.41, 5.74) is 4.17. The number of hydrogen-bond acceptors (Lipinski definition) is 6. The molecule has 8 nitrogen and oxygen atoms in total. The zero-order valence-corrected chi connectivity index (χ0v) is 12.3. The Labute approximate surface area is 122 Å². The molecule has 3 N–H and O–H groups in total. The molecule has 1 heterocycles. The zero-order valence-electron chi connectivity index (χ0n) is 11.5. The molecule has 0 amide bonds. The second kappa shape index (κ2) is 5.24. The molecule has 1 aliphatic heterocycles. The van der Waals surface area contributed by atoms with E-state index in [9.17, 15) is 23.6 Å². The van der Waals surface area contributed by atoms with Crippen LogP contribution in [0.4, 0.5) is 11.4 Å². The van der Waals surface area contributed by atoms with Crippen molar-refractivity contribution < 1.29 is 18.4 Å². The van der Waals surface area contributed by atoms with Gasteiger partial charge in [0.25, 0.3) is 5.69 Å². The van der Waals surface area contributed by atoms with E-state index >= 15 is 0 Å². The van der Waals surface area contributed by atoms with Crippen LogP contribution in [0, 0.1) is 10.1 Å². The summed E-state index contributed by atoms with van der Waals surface area (Å²) in [6.07, 6.45) is 0.573. The average molecular weight is 315 g/mol. The normalized spacial score (nSPS) is 19.3. The Morgan fingerprint density at radius 2 is 1.95 bits per heavy atom. The molecule has 1 aliphatic rings. The Morgan fingerprint density at radius 3 is 2.48 bits per heavy atom. The Kier molecular flexibility index (Phi) is 3.91. The first-order chi connectivity index (χ1) is 9.63. The summed E-state index contributed by atoms with van der Waals surface area (Å²) in [6, 6.07) is 3.50. The van der Waals surface area contributed by atoms with Crippen molar-refractivity contribution in [1.29, 1.82) is 0 Å². The second-order valence-corrected chi connectivity index (χ2v) is 7.29. The molecular weight excluding hydrogens is 298 g/mol. The molecule has 0 saturated carbocycles. The summed E-state index contributed by atoms with van der Waals surface area (Å²) in [5.74, 6) is 0. The van der Waals surface area contributed by atoms with Gasteiger partial charge in [0.15, 0.2) is 4.90 Å². The molecule has 0 aliphatic carbocycles. The third-order valence-electron chi connectivity index (χ3n) is 3.60. The summed E-state index contributed by atoms with van der Waals surface area (Å²) in [7, 11) is -3.98. The van der Waals surface area contributed by atoms with Crippen LogP contribution in [0.25, 0.3) is 0 Å². The Balaban J connectivity index is 2.39. The van der Waals surface area contributed by atoms with Crippen molar-refractivity contribution in [1.82, 2.24) is 4.31 Å². The molecule has 0 radical (unpaired) electrons. The quantitative estimate of drug-likeness (QED) is 0.480. The van der Waals surface area contributed by atoms with Gasteiger partial charge in [-0.2, -0.15) is 4.31 Å². The predicted molar refractivity (Wildman–Crippen MR) is 76.1 cm³/mol. The summed E-state index contributed by atoms with van der Waals surface area (Å²) < 4.78 is 26.2. The van der Waals surface area contributed by atoms with Crippen molar-refractivity contribution in [2.75, 3.05) is 18.8 Å². The third kappa shape index (κ3) is 3.14. The highest BCUT2D eigenvalue weighted by molar-refractivity contribution is 7.89. The lowest BCUT2D eigenvalue weighted by Crippen LogP contribution is -2.45. The van der Waals surface area contributed by atoms with Crippen LogP contribution in [0.5, 0.6) is 0 Å². The van der Waals surface area contributed by atoms with Crippen molar-refractivity contribution in [3.05, 3.63) is 28.3 Å². The number of sulfonamides is 1. The Bertz CT molecular complexity index is 661. The van der Waals surface area contributed by atoms with Gasteiger partial charge >= 0.3 is 0 Å². The molecule has 0 atom stereocenters. The molecule has 0 bridgehead atoms. The lowest BCUT2D eigenvalue weighted by Gasteiger charge is -2.34. The first-order valence-corrected chi connectivity index (χ1v) is 7.84. The standard InChI is InChI=1S/C12H17N3O5S/c1-12(16)4-6-14(7-5-12)21(19,20)11-3-2-9(13)8-10(11)15(17)18/h2-3,8,16H,4-7,13H2,1H3. The molecule has 1 aromatic rings. The maximum absolute atomic E-state index is 12.5. The molecule has 1 aromatic carbocycles. The summed E-state index contributed by atoms with van der Waals surface area (Å²) in [4.78, 5) is 9.90. The van der Waals surface area contributed by atoms with Crippen LogP contribution in [0.15, 0.2) is 23.1 Å². The van der Waals surface area contributed by atoms with Crippen LogP contribution in [-0.2, 0) is 10.0 Å². The van der Waals surface area contributed by atoms with Gasteiger partial charge in [-0.25, -0.2) is 8.42 Å². The lowest BCUT2D eigenvalue weighted by atomic mass is 9.95. The highest BCUT2D eigenvalue weighted by atomic mass is 32.2. The Hall–Kier alpha value is -1.71. The van der Waals surface area contributed by atoms with Crippen LogP contribution < -0.4 is 5.73 Å². The number of nitro groups is 1. The third-order valence-corrected chi connectivity index (χ3v) is 5.54. The van der Waals surface area contributed by atoms with E-state index in [1.54, 1.807) is 6.92 Å². The molecule has 21 heavy (non-hydrogen) atoms. The number of rotatable bonds is 3. The predicted octanol–water partition coefficient (Wildman–Crippen LogP) is 0.713. The fourth-order valence-electron chi connectivity index (χ4n) is 2.24. The number of nitrogens with two attached hydrogens (primary N) is 1. The van der Waals surface area contributed by atoms with Crippen molar-refractivity contribution >= 4 is 21.4 Å². The molecule has 2 rings (SSSR count). The number of hydrogen-bond donors (Lipinski definition) is 2. The number of aliphatic hydroxyl groups is 1. The van der Waals surface area contributed by atoms with E-state index in [2.05, 4.69) is 0 Å². The second-order valence-electron chi connectivity index (χ2n) is 5.39. The smallest absolute Gasteiger partial charge is 0.291 e. The maximum Gasteiger partial charge on any atom is 0.291 e. The highest BCUT2D eigenvalue weighted by Crippen LogP contribution is 2.31. The van der Waals surface area contributed by atoms with Gasteiger partial charge in [-0.3, -0.25) is 10.1 Å². The van der Waals surface area contributed by atoms with Gasteiger partial charge in [-0.05, 0) is 31.9 Å². The van der Waals surface area contributed by atoms with E-state index < -0.39 is 26.2 Å². The van der Waals surface area contributed by atoms with E-state index in [0.29, 0.717) is 0 Å². The summed E-state index contributed by atoms with van der Waals surface area (Å²) >= 11 is 0. The molecule has 9 heteroatoms. The van der Waals surface area contributed by atoms with E-state index in [-0.39, 0.29) is 36.5 Å². The summed E-state index contributed by atoms with van der Waals surface area (Å²) in [5, 5.41) is 20.9. The maximum atomic E-state index is 12.5. The van der Waals surface area contributed by atoms with Gasteiger partial charge in [0.05, 0.1) is 10.5 Å². The molecule has 1 fully saturated rings. The van der Waals surface area contributed by atoms with Crippen LogP contribution in [0.3, 0.4) is 0 Å². The number of nitrogens with zero attached hydrogens (tertiary/aromatic N) is 2. The van der Waals surface area contributed by atoms with Gasteiger partial charge in [-0.1, -0.05) is 0 Å². The van der Waals surface area contributed by atoms with Gasteiger partial charge in [-0.15, -0.1) is 0 Å². The van der Waals surface area contributed by atoms with E-state index in [4.69, 9.17) is 5.73 Å². The SMILES string of the molecule is CC1(O)CCN(S(=O)(=O)c2ccc(N)cc2[N+](=O)[O-])CC1. The number of piperidine rings is 1. The number of anilines is 1. The van der Waals surface area contributed by atoms with Gasteiger partial charge < -0.3 is 10.8 Å². The minimum absolute atomic E-state index is 0.122. The largest absolute Gasteiger partial charge is 0.399 e. The van der Waals surface area contributed by atoms with Crippen molar-refractivity contribution in [3.63, 3.8) is 0 Å². The fraction of sp³-hybridized carbons (Fsp3) is 0.500. The van der Waals surface area contributed by atoms with Crippen molar-refractivity contribution in [2.24, 2.45) is 0 Å². The van der Waals surface area contributed by atoms with Crippen LogP contribution in [0.1, 0.15) is 19.8 Å². The lowest BCUT2D eigenvalue weighted by molar-refractivity contribution is -0.387. The molecular formula is C12H17N3O5S. The molecule has 0 aromatic heterocycles. The van der Waals surface area contributed by atoms with Gasteiger partial charge in [0.2, 0.25) is 10.0 Å². The van der Waals surface area contributed by atoms with E-state index in [0.717, 1.165) is 16.4 Å². The van der Waals surface area contributed by atoms with Crippen molar-refractivity contribution in [3.8, 4) is 0 Å². The van der Waals surface area contributed by atoms with Gasteiger partial charge in [0.1, 0.15) is 0 Å². The molecule has 0 unspecified atom stereocenters. The molecule has 116 valence electrons. The van der Waals surface area contributed by atoms with Crippen molar-refractivity contribution in [2.45, 2.75) is 30.3 Å². The minimum Gasteiger partial charge on any atom is -0.399 e. The highest BCUT2D eigenvalue weighted by Gasteiger charge is 2.37. The van der Waals surface area contributed by atoms with E-state index in [1.165, 1.54) is 6.07 Å². The number of nitrogen functional groups attached to an aromatic ring is 1. The van der Waals surface area contributed by atoms with Gasteiger partial charge in [0, 0.05) is 24.8 Å². The average Bonchev–Trinajstić information content (AvgIpc) is 2.37. The monoisotopic (exact) mass is 315 g/mol. The van der Waals surface area contributed by atoms with Crippen LogP contribution in [-0.4, -0.2) is 41.4 Å². The first kappa shape index (κ1) is 15.7. The fourth-order valence-corrected chi connectivity index (χ4v) is 3.82. The zero-order chi connectivity index (χ0) is 15.8. The van der Waals surface area contributed by atoms with Crippen LogP contribution in [0.2, 0.25) is 0 Å². The summed E-state index contributed by atoms with van der Waals surface area (Å²) in [6.45, 7) is 1.89. The van der Waals surface area contributed by atoms with Crippen LogP contribution >= 0.6 is 0 Å². The minimum atomic E-state index is -3.98. The Morgan fingerprint density at radius 1 is 1.38 bits per heavy atom. The first-order valence-electron chi connectivity index (χ1n) is 6.40.